The third-order valence-corrected chi connectivity index (χ3v) is 2.41. The molecule has 0 spiro atoms. The van der Waals surface area contributed by atoms with Crippen molar-refractivity contribution in [2.75, 3.05) is 6.54 Å². The van der Waals surface area contributed by atoms with Gasteiger partial charge in [-0.25, -0.2) is 0 Å². The molecule has 0 aromatic heterocycles. The second-order valence-corrected chi connectivity index (χ2v) is 3.66. The van der Waals surface area contributed by atoms with Crippen molar-refractivity contribution < 1.29 is 0 Å². The maximum absolute atomic E-state index is 3.43. The summed E-state index contributed by atoms with van der Waals surface area (Å²) >= 11 is 0. The quantitative estimate of drug-likeness (QED) is 0.778. The number of dihydropyridines is 1. The van der Waals surface area contributed by atoms with Crippen molar-refractivity contribution in [2.24, 2.45) is 0 Å². The fourth-order valence-corrected chi connectivity index (χ4v) is 1.59. The van der Waals surface area contributed by atoms with Crippen molar-refractivity contribution in [2.45, 2.75) is 13.0 Å². The van der Waals surface area contributed by atoms with Crippen LogP contribution < -0.4 is 10.6 Å². The van der Waals surface area contributed by atoms with Crippen LogP contribution in [0.4, 0.5) is 0 Å². The predicted molar refractivity (Wildman–Crippen MR) is 63.1 cm³/mol. The molecule has 2 N–H and O–H groups in total. The number of allylic oxidation sites excluding steroid dienone is 1. The highest BCUT2D eigenvalue weighted by Gasteiger charge is 1.98. The lowest BCUT2D eigenvalue weighted by Crippen LogP contribution is -2.18. The van der Waals surface area contributed by atoms with E-state index in [9.17, 15) is 0 Å². The second-order valence-electron chi connectivity index (χ2n) is 3.66. The molecule has 0 atom stereocenters. The summed E-state index contributed by atoms with van der Waals surface area (Å²) in [6, 6.07) is 10.5. The summed E-state index contributed by atoms with van der Waals surface area (Å²) in [7, 11) is 0. The summed E-state index contributed by atoms with van der Waals surface area (Å²) in [6.07, 6.45) is 7.23. The van der Waals surface area contributed by atoms with Gasteiger partial charge in [-0.05, 0) is 23.8 Å². The van der Waals surface area contributed by atoms with Crippen LogP contribution in [0.25, 0.3) is 0 Å². The molecule has 2 heteroatoms. The third-order valence-electron chi connectivity index (χ3n) is 2.41. The fraction of sp³-hybridized carbons (Fsp3) is 0.231. The number of benzene rings is 1. The molecule has 0 saturated carbocycles. The molecule has 0 radical (unpaired) electrons. The van der Waals surface area contributed by atoms with Gasteiger partial charge in [0.2, 0.25) is 0 Å². The smallest absolute Gasteiger partial charge is 0.0208 e. The van der Waals surface area contributed by atoms with E-state index in [1.807, 2.05) is 12.3 Å². The van der Waals surface area contributed by atoms with Crippen LogP contribution in [-0.4, -0.2) is 6.54 Å². The van der Waals surface area contributed by atoms with Crippen molar-refractivity contribution >= 4 is 0 Å². The highest BCUT2D eigenvalue weighted by molar-refractivity contribution is 5.16. The molecule has 2 nitrogen and oxygen atoms in total. The number of hydrogen-bond donors (Lipinski definition) is 2. The lowest BCUT2D eigenvalue weighted by atomic mass is 10.1. The van der Waals surface area contributed by atoms with Gasteiger partial charge in [0.25, 0.3) is 0 Å². The van der Waals surface area contributed by atoms with Gasteiger partial charge in [-0.2, -0.15) is 0 Å². The van der Waals surface area contributed by atoms with Gasteiger partial charge >= 0.3 is 0 Å². The number of hydrogen-bond acceptors (Lipinski definition) is 2. The SMILES string of the molecule is C1=CNC=C(CNCc2ccccc2)C1. The van der Waals surface area contributed by atoms with Gasteiger partial charge in [-0.15, -0.1) is 0 Å². The maximum atomic E-state index is 3.43. The first-order valence-electron chi connectivity index (χ1n) is 5.29. The molecule has 0 unspecified atom stereocenters. The topological polar surface area (TPSA) is 24.1 Å². The Morgan fingerprint density at radius 2 is 2.00 bits per heavy atom. The van der Waals surface area contributed by atoms with Crippen molar-refractivity contribution in [3.05, 3.63) is 59.9 Å². The first-order valence-corrected chi connectivity index (χ1v) is 5.29. The van der Waals surface area contributed by atoms with Crippen LogP contribution in [-0.2, 0) is 6.54 Å². The van der Waals surface area contributed by atoms with E-state index in [1.54, 1.807) is 0 Å². The minimum Gasteiger partial charge on any atom is -0.368 e. The van der Waals surface area contributed by atoms with Crippen LogP contribution in [0.2, 0.25) is 0 Å². The minimum atomic E-state index is 0.932. The van der Waals surface area contributed by atoms with Gasteiger partial charge in [0.1, 0.15) is 0 Å². The zero-order valence-corrected chi connectivity index (χ0v) is 8.74. The van der Waals surface area contributed by atoms with Crippen molar-refractivity contribution in [3.63, 3.8) is 0 Å². The van der Waals surface area contributed by atoms with E-state index >= 15 is 0 Å². The van der Waals surface area contributed by atoms with Crippen LogP contribution >= 0.6 is 0 Å². The van der Waals surface area contributed by atoms with E-state index in [0.29, 0.717) is 0 Å². The molecule has 1 heterocycles. The molecule has 1 aliphatic rings. The summed E-state index contributed by atoms with van der Waals surface area (Å²) in [4.78, 5) is 0. The first kappa shape index (κ1) is 9.99. The maximum Gasteiger partial charge on any atom is 0.0208 e. The molecule has 1 aliphatic heterocycles. The molecular weight excluding hydrogens is 184 g/mol. The standard InChI is InChI=1S/C13H16N2/c1-2-5-12(6-3-1)9-15-11-13-7-4-8-14-10-13/h1-6,8,10,14-15H,7,9,11H2. The Morgan fingerprint density at radius 3 is 2.73 bits per heavy atom. The normalized spacial score (nSPS) is 14.5. The van der Waals surface area contributed by atoms with Crippen LogP contribution in [0.15, 0.2) is 54.4 Å². The molecule has 0 fully saturated rings. The second kappa shape index (κ2) is 5.37. The zero-order chi connectivity index (χ0) is 10.3. The molecule has 0 saturated heterocycles. The Morgan fingerprint density at radius 1 is 1.13 bits per heavy atom. The molecule has 15 heavy (non-hydrogen) atoms. The van der Waals surface area contributed by atoms with Crippen molar-refractivity contribution in [3.8, 4) is 0 Å². The van der Waals surface area contributed by atoms with Gasteiger partial charge in [-0.3, -0.25) is 0 Å². The van der Waals surface area contributed by atoms with Gasteiger partial charge < -0.3 is 10.6 Å². The van der Waals surface area contributed by atoms with Gasteiger partial charge in [-0.1, -0.05) is 36.4 Å². The summed E-state index contributed by atoms with van der Waals surface area (Å²) in [5.41, 5.74) is 2.73. The largest absolute Gasteiger partial charge is 0.368 e. The Hall–Kier alpha value is -1.54. The van der Waals surface area contributed by atoms with Gasteiger partial charge in [0, 0.05) is 19.3 Å². The summed E-state index contributed by atoms with van der Waals surface area (Å²) in [6.45, 7) is 1.88. The monoisotopic (exact) mass is 200 g/mol. The Balaban J connectivity index is 1.73. The molecule has 1 aromatic rings. The number of nitrogens with one attached hydrogen (secondary N) is 2. The van der Waals surface area contributed by atoms with E-state index in [1.165, 1.54) is 11.1 Å². The molecular formula is C13H16N2. The van der Waals surface area contributed by atoms with Crippen LogP contribution in [0.3, 0.4) is 0 Å². The average molecular weight is 200 g/mol. The highest BCUT2D eigenvalue weighted by Crippen LogP contribution is 2.04. The van der Waals surface area contributed by atoms with Crippen LogP contribution in [0.1, 0.15) is 12.0 Å². The molecule has 1 aromatic carbocycles. The van der Waals surface area contributed by atoms with E-state index in [-0.39, 0.29) is 0 Å². The molecule has 0 aliphatic carbocycles. The third kappa shape index (κ3) is 3.26. The fourth-order valence-electron chi connectivity index (χ4n) is 1.59. The van der Waals surface area contributed by atoms with E-state index in [0.717, 1.165) is 19.5 Å². The van der Waals surface area contributed by atoms with Gasteiger partial charge in [0.05, 0.1) is 0 Å². The van der Waals surface area contributed by atoms with Crippen LogP contribution in [0, 0.1) is 0 Å². The summed E-state index contributed by atoms with van der Waals surface area (Å²) < 4.78 is 0. The first-order chi connectivity index (χ1) is 7.45. The predicted octanol–water partition coefficient (Wildman–Crippen LogP) is 2.17. The van der Waals surface area contributed by atoms with E-state index < -0.39 is 0 Å². The lowest BCUT2D eigenvalue weighted by molar-refractivity contribution is 0.725. The lowest BCUT2D eigenvalue weighted by Gasteiger charge is -2.10. The Bertz CT molecular complexity index is 352. The molecule has 0 amide bonds. The summed E-state index contributed by atoms with van der Waals surface area (Å²) in [5, 5.41) is 6.53. The van der Waals surface area contributed by atoms with Crippen molar-refractivity contribution in [1.29, 1.82) is 0 Å². The zero-order valence-electron chi connectivity index (χ0n) is 8.74. The minimum absolute atomic E-state index is 0.932. The van der Waals surface area contributed by atoms with Crippen LogP contribution in [0.5, 0.6) is 0 Å². The number of rotatable bonds is 4. The average Bonchev–Trinajstić information content (AvgIpc) is 2.32. The van der Waals surface area contributed by atoms with E-state index in [4.69, 9.17) is 0 Å². The Labute approximate surface area is 90.7 Å². The molecule has 2 rings (SSSR count). The highest BCUT2D eigenvalue weighted by atomic mass is 14.9. The van der Waals surface area contributed by atoms with Crippen molar-refractivity contribution in [1.82, 2.24) is 10.6 Å². The summed E-state index contributed by atoms with van der Waals surface area (Å²) in [5.74, 6) is 0. The molecule has 0 bridgehead atoms. The van der Waals surface area contributed by atoms with Gasteiger partial charge in [0.15, 0.2) is 0 Å². The van der Waals surface area contributed by atoms with E-state index in [2.05, 4.69) is 47.2 Å². The molecule has 78 valence electrons. The Kier molecular flexibility index (Phi) is 3.58.